The number of likely N-dealkylation sites (N-methyl/N-ethyl adjacent to an activating group) is 1. The maximum absolute atomic E-state index is 13.4. The van der Waals surface area contributed by atoms with Gasteiger partial charge in [-0.25, -0.2) is 4.39 Å². The van der Waals surface area contributed by atoms with Crippen LogP contribution >= 0.6 is 11.6 Å². The van der Waals surface area contributed by atoms with E-state index in [0.717, 1.165) is 24.3 Å². The van der Waals surface area contributed by atoms with E-state index in [4.69, 9.17) is 16.3 Å². The minimum atomic E-state index is -0.258. The van der Waals surface area contributed by atoms with Crippen LogP contribution in [0.4, 0.5) is 4.39 Å². The van der Waals surface area contributed by atoms with Crippen LogP contribution in [-0.4, -0.2) is 13.7 Å². The molecule has 1 unspecified atom stereocenters. The van der Waals surface area contributed by atoms with Gasteiger partial charge in [0.15, 0.2) is 0 Å². The summed E-state index contributed by atoms with van der Waals surface area (Å²) in [4.78, 5) is 0. The van der Waals surface area contributed by atoms with Crippen molar-refractivity contribution in [2.45, 2.75) is 18.9 Å². The average Bonchev–Trinajstić information content (AvgIpc) is 2.95. The maximum atomic E-state index is 13.4. The summed E-state index contributed by atoms with van der Waals surface area (Å²) >= 11 is 6.16. The number of benzene rings is 2. The molecule has 2 aromatic carbocycles. The van der Waals surface area contributed by atoms with E-state index in [1.165, 1.54) is 23.3 Å². The van der Waals surface area contributed by atoms with Gasteiger partial charge in [0.05, 0.1) is 6.61 Å². The van der Waals surface area contributed by atoms with Crippen molar-refractivity contribution in [1.29, 1.82) is 0 Å². The van der Waals surface area contributed by atoms with Crippen LogP contribution in [0.3, 0.4) is 0 Å². The summed E-state index contributed by atoms with van der Waals surface area (Å²) in [6.07, 6.45) is 1.59. The summed E-state index contributed by atoms with van der Waals surface area (Å²) in [5, 5.41) is 3.88. The van der Waals surface area contributed by atoms with Crippen molar-refractivity contribution in [3.63, 3.8) is 0 Å². The summed E-state index contributed by atoms with van der Waals surface area (Å²) in [7, 11) is 1.90. The van der Waals surface area contributed by atoms with Gasteiger partial charge in [0.1, 0.15) is 11.6 Å². The minimum Gasteiger partial charge on any atom is -0.493 e. The van der Waals surface area contributed by atoms with Gasteiger partial charge in [-0.1, -0.05) is 23.7 Å². The third-order valence-corrected chi connectivity index (χ3v) is 4.26. The predicted octanol–water partition coefficient (Wildman–Crippen LogP) is 3.92. The Labute approximate surface area is 128 Å². The Morgan fingerprint density at radius 1 is 1.29 bits per heavy atom. The normalized spacial score (nSPS) is 14.6. The maximum Gasteiger partial charge on any atom is 0.123 e. The van der Waals surface area contributed by atoms with E-state index in [1.54, 1.807) is 6.07 Å². The molecule has 21 heavy (non-hydrogen) atoms. The Morgan fingerprint density at radius 2 is 2.14 bits per heavy atom. The van der Waals surface area contributed by atoms with E-state index in [9.17, 15) is 4.39 Å². The molecule has 3 rings (SSSR count). The van der Waals surface area contributed by atoms with Gasteiger partial charge in [0.25, 0.3) is 0 Å². The van der Waals surface area contributed by atoms with Crippen molar-refractivity contribution in [2.75, 3.05) is 13.7 Å². The molecule has 0 amide bonds. The Morgan fingerprint density at radius 3 is 2.95 bits per heavy atom. The van der Waals surface area contributed by atoms with Gasteiger partial charge in [-0.05, 0) is 54.4 Å². The molecule has 2 nitrogen and oxygen atoms in total. The van der Waals surface area contributed by atoms with Crippen LogP contribution in [0.5, 0.6) is 5.75 Å². The summed E-state index contributed by atoms with van der Waals surface area (Å²) in [5.74, 6) is 0.712. The van der Waals surface area contributed by atoms with Gasteiger partial charge < -0.3 is 10.1 Å². The second kappa shape index (κ2) is 6.04. The van der Waals surface area contributed by atoms with E-state index in [2.05, 4.69) is 17.4 Å². The molecule has 1 atom stereocenters. The number of nitrogens with one attached hydrogen (secondary N) is 1. The van der Waals surface area contributed by atoms with Gasteiger partial charge in [0, 0.05) is 17.5 Å². The first-order valence-electron chi connectivity index (χ1n) is 7.04. The van der Waals surface area contributed by atoms with Crippen molar-refractivity contribution in [3.05, 3.63) is 63.9 Å². The van der Waals surface area contributed by atoms with Crippen LogP contribution in [0, 0.1) is 5.82 Å². The largest absolute Gasteiger partial charge is 0.493 e. The molecule has 2 aromatic rings. The van der Waals surface area contributed by atoms with E-state index in [0.29, 0.717) is 11.4 Å². The first-order chi connectivity index (χ1) is 10.2. The molecule has 0 bridgehead atoms. The van der Waals surface area contributed by atoms with Gasteiger partial charge >= 0.3 is 0 Å². The molecular formula is C17H17ClFNO. The number of ether oxygens (including phenoxy) is 1. The number of fused-ring (bicyclic) bond motifs is 1. The molecule has 0 aromatic heterocycles. The lowest BCUT2D eigenvalue weighted by Gasteiger charge is -2.18. The molecule has 1 aliphatic rings. The molecule has 0 aliphatic carbocycles. The highest BCUT2D eigenvalue weighted by Crippen LogP contribution is 2.30. The zero-order valence-electron chi connectivity index (χ0n) is 11.8. The number of halogens is 2. The zero-order chi connectivity index (χ0) is 14.8. The smallest absolute Gasteiger partial charge is 0.123 e. The summed E-state index contributed by atoms with van der Waals surface area (Å²) in [6, 6.07) is 10.8. The molecular weight excluding hydrogens is 289 g/mol. The molecule has 0 spiro atoms. The third-order valence-electron chi connectivity index (χ3n) is 3.90. The highest BCUT2D eigenvalue weighted by atomic mass is 35.5. The van der Waals surface area contributed by atoms with Gasteiger partial charge in [-0.3, -0.25) is 0 Å². The Balaban J connectivity index is 1.86. The number of rotatable bonds is 4. The van der Waals surface area contributed by atoms with Crippen LogP contribution in [0.2, 0.25) is 5.02 Å². The van der Waals surface area contributed by atoms with Gasteiger partial charge in [-0.2, -0.15) is 0 Å². The lowest BCUT2D eigenvalue weighted by atomic mass is 9.96. The van der Waals surface area contributed by atoms with E-state index in [-0.39, 0.29) is 11.9 Å². The van der Waals surface area contributed by atoms with Crippen molar-refractivity contribution < 1.29 is 9.13 Å². The Hall–Kier alpha value is -1.58. The number of hydrogen-bond donors (Lipinski definition) is 1. The topological polar surface area (TPSA) is 21.3 Å². The molecule has 1 aliphatic heterocycles. The lowest BCUT2D eigenvalue weighted by Crippen LogP contribution is -2.19. The minimum absolute atomic E-state index is 0.0928. The first kappa shape index (κ1) is 14.4. The summed E-state index contributed by atoms with van der Waals surface area (Å²) in [6.45, 7) is 0.749. The van der Waals surface area contributed by atoms with E-state index in [1.807, 2.05) is 13.1 Å². The molecule has 4 heteroatoms. The number of hydrogen-bond acceptors (Lipinski definition) is 2. The molecule has 110 valence electrons. The molecule has 1 heterocycles. The van der Waals surface area contributed by atoms with Gasteiger partial charge in [0.2, 0.25) is 0 Å². The third kappa shape index (κ3) is 3.04. The first-order valence-corrected chi connectivity index (χ1v) is 7.42. The fourth-order valence-corrected chi connectivity index (χ4v) is 2.92. The molecule has 0 fully saturated rings. The summed E-state index contributed by atoms with van der Waals surface area (Å²) in [5.41, 5.74) is 3.22. The van der Waals surface area contributed by atoms with Crippen LogP contribution in [0.1, 0.15) is 22.7 Å². The fraction of sp³-hybridized carbons (Fsp3) is 0.294. The quantitative estimate of drug-likeness (QED) is 0.924. The van der Waals surface area contributed by atoms with Crippen molar-refractivity contribution in [1.82, 2.24) is 5.32 Å². The Kier molecular flexibility index (Phi) is 4.13. The molecule has 1 N–H and O–H groups in total. The van der Waals surface area contributed by atoms with Crippen molar-refractivity contribution >= 4 is 11.6 Å². The van der Waals surface area contributed by atoms with E-state index >= 15 is 0 Å². The standard InChI is InChI=1S/C17H17ClFNO/c1-20-16(10-13-9-14(19)3-4-15(13)18)11-2-5-17-12(8-11)6-7-21-17/h2-5,8-9,16,20H,6-7,10H2,1H3. The van der Waals surface area contributed by atoms with Crippen LogP contribution in [-0.2, 0) is 12.8 Å². The van der Waals surface area contributed by atoms with Gasteiger partial charge in [-0.15, -0.1) is 0 Å². The second-order valence-electron chi connectivity index (χ2n) is 5.25. The van der Waals surface area contributed by atoms with Crippen molar-refractivity contribution in [2.24, 2.45) is 0 Å². The lowest BCUT2D eigenvalue weighted by molar-refractivity contribution is 0.356. The molecule has 0 radical (unpaired) electrons. The van der Waals surface area contributed by atoms with E-state index < -0.39 is 0 Å². The average molecular weight is 306 g/mol. The SMILES string of the molecule is CNC(Cc1cc(F)ccc1Cl)c1ccc2c(c1)CCO2. The second-order valence-corrected chi connectivity index (χ2v) is 5.65. The Bertz CT molecular complexity index is 659. The highest BCUT2D eigenvalue weighted by Gasteiger charge is 2.17. The highest BCUT2D eigenvalue weighted by molar-refractivity contribution is 6.31. The van der Waals surface area contributed by atoms with Crippen LogP contribution in [0.25, 0.3) is 0 Å². The predicted molar refractivity (Wildman–Crippen MR) is 82.6 cm³/mol. The zero-order valence-corrected chi connectivity index (χ0v) is 12.6. The fourth-order valence-electron chi connectivity index (χ4n) is 2.73. The van der Waals surface area contributed by atoms with Crippen LogP contribution < -0.4 is 10.1 Å². The molecule has 0 saturated carbocycles. The van der Waals surface area contributed by atoms with Crippen molar-refractivity contribution in [3.8, 4) is 5.75 Å². The summed E-state index contributed by atoms with van der Waals surface area (Å²) < 4.78 is 18.9. The van der Waals surface area contributed by atoms with Crippen LogP contribution in [0.15, 0.2) is 36.4 Å². The monoisotopic (exact) mass is 305 g/mol. The molecule has 0 saturated heterocycles.